The third-order valence-electron chi connectivity index (χ3n) is 5.25. The van der Waals surface area contributed by atoms with Gasteiger partial charge in [-0.3, -0.25) is 0 Å². The number of likely N-dealkylation sites (tertiary alicyclic amines) is 1. The van der Waals surface area contributed by atoms with Crippen LogP contribution in [-0.2, 0) is 0 Å². The maximum absolute atomic E-state index is 6.55. The minimum absolute atomic E-state index is 0.0358. The van der Waals surface area contributed by atoms with Crippen molar-refractivity contribution in [3.63, 3.8) is 0 Å². The molecule has 0 saturated carbocycles. The Labute approximate surface area is 128 Å². The molecule has 0 aliphatic carbocycles. The molecule has 3 rings (SSSR count). The fourth-order valence-corrected chi connectivity index (χ4v) is 3.69. The number of hydrogen-bond acceptors (Lipinski definition) is 3. The van der Waals surface area contributed by atoms with Crippen LogP contribution in [0.4, 0.5) is 0 Å². The molecular weight excluding hydrogens is 260 g/mol. The van der Waals surface area contributed by atoms with Crippen LogP contribution in [0.25, 0.3) is 0 Å². The predicted octanol–water partition coefficient (Wildman–Crippen LogP) is 3.20. The lowest BCUT2D eigenvalue weighted by atomic mass is 9.80. The first-order valence-electron chi connectivity index (χ1n) is 8.25. The number of ether oxygens (including phenoxy) is 1. The maximum Gasteiger partial charge on any atom is 0.125 e. The van der Waals surface area contributed by atoms with Gasteiger partial charge in [0.1, 0.15) is 11.4 Å². The quantitative estimate of drug-likeness (QED) is 0.904. The molecule has 2 aliphatic rings. The molecule has 1 aromatic rings. The minimum atomic E-state index is 0.0358. The van der Waals surface area contributed by atoms with E-state index in [1.165, 1.54) is 16.7 Å². The number of nitrogens with one attached hydrogen (secondary N) is 1. The number of rotatable bonds is 2. The number of aryl methyl sites for hydroxylation is 2. The zero-order chi connectivity index (χ0) is 15.0. The zero-order valence-corrected chi connectivity index (χ0v) is 13.8. The molecule has 2 aliphatic heterocycles. The molecule has 1 spiro atoms. The van der Waals surface area contributed by atoms with Crippen LogP contribution in [0.2, 0.25) is 0 Å². The molecule has 21 heavy (non-hydrogen) atoms. The SMILES string of the molecule is CCNC1CC2(CCN(C)CC2)Oc2cc(C)c(C)cc21. The van der Waals surface area contributed by atoms with E-state index in [9.17, 15) is 0 Å². The molecule has 3 nitrogen and oxygen atoms in total. The van der Waals surface area contributed by atoms with Gasteiger partial charge < -0.3 is 15.0 Å². The summed E-state index contributed by atoms with van der Waals surface area (Å²) in [5.41, 5.74) is 4.08. The van der Waals surface area contributed by atoms with Gasteiger partial charge in [-0.05, 0) is 57.5 Å². The molecule has 1 aromatic carbocycles. The molecule has 1 saturated heterocycles. The normalized spacial score (nSPS) is 24.7. The highest BCUT2D eigenvalue weighted by Gasteiger charge is 2.42. The Kier molecular flexibility index (Phi) is 3.98. The van der Waals surface area contributed by atoms with Crippen LogP contribution in [-0.4, -0.2) is 37.2 Å². The van der Waals surface area contributed by atoms with E-state index in [0.29, 0.717) is 6.04 Å². The molecule has 1 fully saturated rings. The van der Waals surface area contributed by atoms with Gasteiger partial charge in [0.15, 0.2) is 0 Å². The van der Waals surface area contributed by atoms with Gasteiger partial charge in [-0.1, -0.05) is 13.0 Å². The van der Waals surface area contributed by atoms with Gasteiger partial charge >= 0.3 is 0 Å². The topological polar surface area (TPSA) is 24.5 Å². The molecule has 0 amide bonds. The van der Waals surface area contributed by atoms with E-state index >= 15 is 0 Å². The average molecular weight is 288 g/mol. The number of fused-ring (bicyclic) bond motifs is 1. The predicted molar refractivity (Wildman–Crippen MR) is 87.0 cm³/mol. The molecule has 1 atom stereocenters. The smallest absolute Gasteiger partial charge is 0.125 e. The highest BCUT2D eigenvalue weighted by Crippen LogP contribution is 2.45. The Balaban J connectivity index is 1.95. The Morgan fingerprint density at radius 1 is 1.24 bits per heavy atom. The fourth-order valence-electron chi connectivity index (χ4n) is 3.69. The highest BCUT2D eigenvalue weighted by molar-refractivity contribution is 5.45. The van der Waals surface area contributed by atoms with Crippen LogP contribution < -0.4 is 10.1 Å². The molecule has 0 bridgehead atoms. The lowest BCUT2D eigenvalue weighted by molar-refractivity contribution is -0.0201. The summed E-state index contributed by atoms with van der Waals surface area (Å²) in [6.07, 6.45) is 3.37. The van der Waals surface area contributed by atoms with E-state index in [1.807, 2.05) is 0 Å². The van der Waals surface area contributed by atoms with Gasteiger partial charge in [0, 0.05) is 31.1 Å². The van der Waals surface area contributed by atoms with Gasteiger partial charge in [-0.15, -0.1) is 0 Å². The summed E-state index contributed by atoms with van der Waals surface area (Å²) in [6.45, 7) is 9.85. The van der Waals surface area contributed by atoms with E-state index in [0.717, 1.165) is 44.6 Å². The minimum Gasteiger partial charge on any atom is -0.487 e. The van der Waals surface area contributed by atoms with E-state index < -0.39 is 0 Å². The maximum atomic E-state index is 6.55. The summed E-state index contributed by atoms with van der Waals surface area (Å²) in [5, 5.41) is 3.68. The standard InChI is InChI=1S/C18H28N2O/c1-5-19-16-12-18(6-8-20(4)9-7-18)21-17-11-14(3)13(2)10-15(16)17/h10-11,16,19H,5-9,12H2,1-4H3. The number of nitrogens with zero attached hydrogens (tertiary/aromatic N) is 1. The summed E-state index contributed by atoms with van der Waals surface area (Å²) in [6, 6.07) is 5.00. The lowest BCUT2D eigenvalue weighted by Gasteiger charge is -2.46. The van der Waals surface area contributed by atoms with Crippen molar-refractivity contribution in [2.24, 2.45) is 0 Å². The van der Waals surface area contributed by atoms with Crippen molar-refractivity contribution < 1.29 is 4.74 Å². The van der Waals surface area contributed by atoms with Crippen LogP contribution in [0, 0.1) is 13.8 Å². The summed E-state index contributed by atoms with van der Waals surface area (Å²) in [7, 11) is 2.21. The lowest BCUT2D eigenvalue weighted by Crippen LogP contribution is -2.51. The zero-order valence-electron chi connectivity index (χ0n) is 13.8. The Hall–Kier alpha value is -1.06. The van der Waals surface area contributed by atoms with E-state index in [2.05, 4.69) is 50.2 Å². The van der Waals surface area contributed by atoms with Gasteiger partial charge in [0.25, 0.3) is 0 Å². The van der Waals surface area contributed by atoms with E-state index in [4.69, 9.17) is 4.74 Å². The molecule has 0 aromatic heterocycles. The molecule has 1 unspecified atom stereocenters. The molecular formula is C18H28N2O. The van der Waals surface area contributed by atoms with Gasteiger partial charge in [0.2, 0.25) is 0 Å². The van der Waals surface area contributed by atoms with Crippen molar-refractivity contribution in [2.75, 3.05) is 26.7 Å². The van der Waals surface area contributed by atoms with Gasteiger partial charge in [0.05, 0.1) is 0 Å². The summed E-state index contributed by atoms with van der Waals surface area (Å²) < 4.78 is 6.55. The third kappa shape index (κ3) is 2.82. The van der Waals surface area contributed by atoms with E-state index in [1.54, 1.807) is 0 Å². The Morgan fingerprint density at radius 2 is 1.90 bits per heavy atom. The highest BCUT2D eigenvalue weighted by atomic mass is 16.5. The van der Waals surface area contributed by atoms with Crippen LogP contribution in [0.1, 0.15) is 48.9 Å². The van der Waals surface area contributed by atoms with Crippen molar-refractivity contribution in [2.45, 2.75) is 51.7 Å². The van der Waals surface area contributed by atoms with E-state index in [-0.39, 0.29) is 5.60 Å². The number of benzene rings is 1. The van der Waals surface area contributed by atoms with Gasteiger partial charge in [-0.2, -0.15) is 0 Å². The number of piperidine rings is 1. The van der Waals surface area contributed by atoms with Crippen LogP contribution in [0.3, 0.4) is 0 Å². The summed E-state index contributed by atoms with van der Waals surface area (Å²) in [4.78, 5) is 2.41. The molecule has 3 heteroatoms. The number of hydrogen-bond donors (Lipinski definition) is 1. The van der Waals surface area contributed by atoms with Crippen molar-refractivity contribution in [1.29, 1.82) is 0 Å². The van der Waals surface area contributed by atoms with Crippen molar-refractivity contribution in [3.05, 3.63) is 28.8 Å². The largest absolute Gasteiger partial charge is 0.487 e. The molecule has 0 radical (unpaired) electrons. The van der Waals surface area contributed by atoms with Crippen molar-refractivity contribution in [3.8, 4) is 5.75 Å². The third-order valence-corrected chi connectivity index (χ3v) is 5.25. The van der Waals surface area contributed by atoms with Crippen molar-refractivity contribution >= 4 is 0 Å². The molecule has 2 heterocycles. The Bertz CT molecular complexity index is 518. The Morgan fingerprint density at radius 3 is 2.57 bits per heavy atom. The van der Waals surface area contributed by atoms with Crippen LogP contribution in [0.5, 0.6) is 5.75 Å². The fraction of sp³-hybridized carbons (Fsp3) is 0.667. The van der Waals surface area contributed by atoms with Gasteiger partial charge in [-0.25, -0.2) is 0 Å². The average Bonchev–Trinajstić information content (AvgIpc) is 2.45. The first-order valence-corrected chi connectivity index (χ1v) is 8.25. The van der Waals surface area contributed by atoms with Crippen LogP contribution in [0.15, 0.2) is 12.1 Å². The van der Waals surface area contributed by atoms with Crippen LogP contribution >= 0.6 is 0 Å². The molecule has 116 valence electrons. The second-order valence-corrected chi connectivity index (χ2v) is 6.88. The first kappa shape index (κ1) is 14.9. The van der Waals surface area contributed by atoms with Crippen molar-refractivity contribution in [1.82, 2.24) is 10.2 Å². The summed E-state index contributed by atoms with van der Waals surface area (Å²) in [5.74, 6) is 1.11. The summed E-state index contributed by atoms with van der Waals surface area (Å²) >= 11 is 0. The second kappa shape index (κ2) is 5.62. The second-order valence-electron chi connectivity index (χ2n) is 6.88. The molecule has 1 N–H and O–H groups in total. The monoisotopic (exact) mass is 288 g/mol. The first-order chi connectivity index (χ1) is 10.0.